The maximum absolute atomic E-state index is 9.59. The van der Waals surface area contributed by atoms with Crippen molar-refractivity contribution in [1.82, 2.24) is 4.98 Å². The number of nitriles is 1. The first kappa shape index (κ1) is 18.3. The Morgan fingerprint density at radius 3 is 2.00 bits per heavy atom. The highest BCUT2D eigenvalue weighted by Gasteiger charge is 2.13. The minimum atomic E-state index is 0.225. The molecule has 4 nitrogen and oxygen atoms in total. The number of aromatic nitrogens is 1. The van der Waals surface area contributed by atoms with Gasteiger partial charge in [0, 0.05) is 11.1 Å². The van der Waals surface area contributed by atoms with Gasteiger partial charge in [0.15, 0.2) is 0 Å². The normalized spacial score (nSPS) is 10.3. The summed E-state index contributed by atoms with van der Waals surface area (Å²) in [6.07, 6.45) is 0. The summed E-state index contributed by atoms with van der Waals surface area (Å²) < 4.78 is 5.22. The van der Waals surface area contributed by atoms with Crippen molar-refractivity contribution in [2.24, 2.45) is 0 Å². The number of pyridine rings is 1. The molecule has 0 saturated carbocycles. The van der Waals surface area contributed by atoms with Crippen molar-refractivity contribution in [1.29, 1.82) is 5.26 Å². The number of nitrogens with zero attached hydrogens (tertiary/aromatic N) is 2. The Hall–Kier alpha value is -4.10. The van der Waals surface area contributed by atoms with Crippen molar-refractivity contribution < 1.29 is 4.74 Å². The minimum Gasteiger partial charge on any atom is -0.497 e. The molecule has 0 atom stereocenters. The second kappa shape index (κ2) is 7.87. The molecule has 0 aliphatic heterocycles. The average Bonchev–Trinajstić information content (AvgIpc) is 2.79. The molecule has 29 heavy (non-hydrogen) atoms. The molecule has 4 heteroatoms. The van der Waals surface area contributed by atoms with Crippen LogP contribution < -0.4 is 10.5 Å². The van der Waals surface area contributed by atoms with Crippen LogP contribution in [0.15, 0.2) is 84.9 Å². The van der Waals surface area contributed by atoms with E-state index in [2.05, 4.69) is 35.3 Å². The number of nitrogens with two attached hydrogens (primary N) is 1. The maximum atomic E-state index is 9.59. The first-order chi connectivity index (χ1) is 14.2. The average molecular weight is 377 g/mol. The molecule has 4 rings (SSSR count). The molecule has 0 aliphatic rings. The molecule has 0 fully saturated rings. The second-order valence-electron chi connectivity index (χ2n) is 6.60. The van der Waals surface area contributed by atoms with E-state index in [1.807, 2.05) is 60.7 Å². The molecule has 4 aromatic rings. The Balaban J connectivity index is 1.76. The molecule has 0 radical (unpaired) electrons. The third kappa shape index (κ3) is 3.67. The number of hydrogen-bond donors (Lipinski definition) is 1. The first-order valence-electron chi connectivity index (χ1n) is 9.20. The van der Waals surface area contributed by atoms with Gasteiger partial charge in [-0.15, -0.1) is 0 Å². The zero-order valence-electron chi connectivity index (χ0n) is 16.0. The van der Waals surface area contributed by atoms with Crippen LogP contribution in [0.5, 0.6) is 5.75 Å². The van der Waals surface area contributed by atoms with Crippen LogP contribution in [0.25, 0.3) is 33.5 Å². The van der Waals surface area contributed by atoms with E-state index in [1.54, 1.807) is 7.11 Å². The molecular weight excluding hydrogens is 358 g/mol. The van der Waals surface area contributed by atoms with Crippen LogP contribution in [-0.4, -0.2) is 12.1 Å². The summed E-state index contributed by atoms with van der Waals surface area (Å²) in [5.41, 5.74) is 12.1. The van der Waals surface area contributed by atoms with Crippen molar-refractivity contribution in [2.45, 2.75) is 0 Å². The van der Waals surface area contributed by atoms with E-state index in [4.69, 9.17) is 10.5 Å². The molecule has 2 N–H and O–H groups in total. The van der Waals surface area contributed by atoms with Crippen LogP contribution >= 0.6 is 0 Å². The molecule has 0 aliphatic carbocycles. The monoisotopic (exact) mass is 377 g/mol. The fourth-order valence-corrected chi connectivity index (χ4v) is 3.29. The third-order valence-electron chi connectivity index (χ3n) is 4.85. The summed E-state index contributed by atoms with van der Waals surface area (Å²) in [6, 6.07) is 30.0. The second-order valence-corrected chi connectivity index (χ2v) is 6.60. The van der Waals surface area contributed by atoms with E-state index in [0.717, 1.165) is 39.3 Å². The van der Waals surface area contributed by atoms with Gasteiger partial charge in [0.05, 0.1) is 12.8 Å². The predicted molar refractivity (Wildman–Crippen MR) is 116 cm³/mol. The SMILES string of the molecule is COc1ccc(-c2cc(-c3ccc(-c4ccccc4)cc3)nc(N)c2C#N)cc1. The lowest BCUT2D eigenvalue weighted by Crippen LogP contribution is -1.99. The standard InChI is InChI=1S/C25H19N3O/c1-29-21-13-11-19(12-14-21)22-15-24(28-25(27)23(22)16-26)20-9-7-18(8-10-20)17-5-3-2-4-6-17/h2-15H,1H3,(H2,27,28). The minimum absolute atomic E-state index is 0.225. The van der Waals surface area contributed by atoms with Gasteiger partial charge < -0.3 is 10.5 Å². The molecule has 0 unspecified atom stereocenters. The number of ether oxygens (including phenoxy) is 1. The van der Waals surface area contributed by atoms with Gasteiger partial charge in [-0.2, -0.15) is 5.26 Å². The summed E-state index contributed by atoms with van der Waals surface area (Å²) in [6.45, 7) is 0. The molecule has 1 heterocycles. The van der Waals surface area contributed by atoms with Crippen LogP contribution in [0.1, 0.15) is 5.56 Å². The van der Waals surface area contributed by atoms with E-state index >= 15 is 0 Å². The zero-order chi connectivity index (χ0) is 20.2. The van der Waals surface area contributed by atoms with E-state index < -0.39 is 0 Å². The van der Waals surface area contributed by atoms with E-state index in [1.165, 1.54) is 0 Å². The van der Waals surface area contributed by atoms with Crippen LogP contribution in [-0.2, 0) is 0 Å². The third-order valence-corrected chi connectivity index (χ3v) is 4.85. The van der Waals surface area contributed by atoms with Crippen molar-refractivity contribution in [3.8, 4) is 45.3 Å². The molecule has 3 aromatic carbocycles. The van der Waals surface area contributed by atoms with Gasteiger partial charge in [0.25, 0.3) is 0 Å². The number of methoxy groups -OCH3 is 1. The van der Waals surface area contributed by atoms with Gasteiger partial charge in [0.1, 0.15) is 23.2 Å². The van der Waals surface area contributed by atoms with E-state index in [9.17, 15) is 5.26 Å². The molecule has 140 valence electrons. The van der Waals surface area contributed by atoms with Gasteiger partial charge in [-0.25, -0.2) is 4.98 Å². The van der Waals surface area contributed by atoms with Crippen molar-refractivity contribution in [3.63, 3.8) is 0 Å². The lowest BCUT2D eigenvalue weighted by Gasteiger charge is -2.11. The summed E-state index contributed by atoms with van der Waals surface area (Å²) in [7, 11) is 1.62. The number of anilines is 1. The Bertz CT molecular complexity index is 1180. The Labute approximate surface area is 169 Å². The van der Waals surface area contributed by atoms with Gasteiger partial charge in [0.2, 0.25) is 0 Å². The largest absolute Gasteiger partial charge is 0.497 e. The van der Waals surface area contributed by atoms with E-state index in [-0.39, 0.29) is 5.82 Å². The van der Waals surface area contributed by atoms with Crippen LogP contribution in [0, 0.1) is 11.3 Å². The number of hydrogen-bond acceptors (Lipinski definition) is 4. The number of nitrogen functional groups attached to an aromatic ring is 1. The molecule has 1 aromatic heterocycles. The molecule has 0 saturated heterocycles. The lowest BCUT2D eigenvalue weighted by atomic mass is 9.97. The van der Waals surface area contributed by atoms with Crippen molar-refractivity contribution >= 4 is 5.82 Å². The van der Waals surface area contributed by atoms with Crippen LogP contribution in [0.2, 0.25) is 0 Å². The molecular formula is C25H19N3O. The summed E-state index contributed by atoms with van der Waals surface area (Å²) in [5, 5.41) is 9.59. The van der Waals surface area contributed by atoms with Crippen LogP contribution in [0.4, 0.5) is 5.82 Å². The van der Waals surface area contributed by atoms with Crippen LogP contribution in [0.3, 0.4) is 0 Å². The smallest absolute Gasteiger partial charge is 0.142 e. The Kier molecular flexibility index (Phi) is 4.96. The van der Waals surface area contributed by atoms with E-state index in [0.29, 0.717) is 5.56 Å². The molecule has 0 spiro atoms. The van der Waals surface area contributed by atoms with Gasteiger partial charge in [-0.05, 0) is 34.9 Å². The number of benzene rings is 3. The van der Waals surface area contributed by atoms with Crippen molar-refractivity contribution in [3.05, 3.63) is 90.5 Å². The highest BCUT2D eigenvalue weighted by atomic mass is 16.5. The fraction of sp³-hybridized carbons (Fsp3) is 0.0400. The zero-order valence-corrected chi connectivity index (χ0v) is 16.0. The maximum Gasteiger partial charge on any atom is 0.142 e. The summed E-state index contributed by atoms with van der Waals surface area (Å²) >= 11 is 0. The summed E-state index contributed by atoms with van der Waals surface area (Å²) in [5.74, 6) is 0.981. The quantitative estimate of drug-likeness (QED) is 0.506. The van der Waals surface area contributed by atoms with Crippen molar-refractivity contribution in [2.75, 3.05) is 12.8 Å². The first-order valence-corrected chi connectivity index (χ1v) is 9.20. The lowest BCUT2D eigenvalue weighted by molar-refractivity contribution is 0.415. The topological polar surface area (TPSA) is 71.9 Å². The number of rotatable bonds is 4. The molecule has 0 amide bonds. The fourth-order valence-electron chi connectivity index (χ4n) is 3.29. The molecule has 0 bridgehead atoms. The Morgan fingerprint density at radius 2 is 1.38 bits per heavy atom. The Morgan fingerprint density at radius 1 is 0.793 bits per heavy atom. The highest BCUT2D eigenvalue weighted by Crippen LogP contribution is 2.32. The predicted octanol–water partition coefficient (Wildman–Crippen LogP) is 5.55. The highest BCUT2D eigenvalue weighted by molar-refractivity contribution is 5.81. The van der Waals surface area contributed by atoms with Gasteiger partial charge in [-0.3, -0.25) is 0 Å². The van der Waals surface area contributed by atoms with Gasteiger partial charge >= 0.3 is 0 Å². The summed E-state index contributed by atoms with van der Waals surface area (Å²) in [4.78, 5) is 4.47. The van der Waals surface area contributed by atoms with Gasteiger partial charge in [-0.1, -0.05) is 66.7 Å².